The van der Waals surface area contributed by atoms with E-state index in [1.54, 1.807) is 9.69 Å². The molecule has 0 aromatic carbocycles. The van der Waals surface area contributed by atoms with Gasteiger partial charge in [-0.2, -0.15) is 4.31 Å². The molecule has 20 heavy (non-hydrogen) atoms. The van der Waals surface area contributed by atoms with Crippen LogP contribution in [-0.2, 0) is 16.6 Å². The molecule has 0 radical (unpaired) electrons. The van der Waals surface area contributed by atoms with Crippen LogP contribution < -0.4 is 5.32 Å². The van der Waals surface area contributed by atoms with Crippen molar-refractivity contribution in [1.82, 2.24) is 9.62 Å². The molecular formula is C14H24N2O2S2. The largest absolute Gasteiger partial charge is 0.312 e. The third kappa shape index (κ3) is 3.81. The molecule has 0 aliphatic heterocycles. The zero-order valence-corrected chi connectivity index (χ0v) is 13.9. The molecule has 1 heterocycles. The van der Waals surface area contributed by atoms with Gasteiger partial charge in [0.2, 0.25) is 10.0 Å². The SMILES string of the molecule is CCCNCc1cc(S(=O)(=O)N(CCC)C2CC2)cs1. The molecule has 1 aromatic heterocycles. The van der Waals surface area contributed by atoms with Gasteiger partial charge in [0.15, 0.2) is 0 Å². The van der Waals surface area contributed by atoms with Crippen LogP contribution in [0.2, 0.25) is 0 Å². The molecule has 0 saturated heterocycles. The first-order valence-electron chi connectivity index (χ1n) is 7.39. The highest BCUT2D eigenvalue weighted by molar-refractivity contribution is 7.89. The van der Waals surface area contributed by atoms with Crippen molar-refractivity contribution < 1.29 is 8.42 Å². The predicted octanol–water partition coefficient (Wildman–Crippen LogP) is 2.81. The summed E-state index contributed by atoms with van der Waals surface area (Å²) in [7, 11) is -3.29. The van der Waals surface area contributed by atoms with Crippen LogP contribution in [0.3, 0.4) is 0 Å². The van der Waals surface area contributed by atoms with E-state index >= 15 is 0 Å². The molecule has 1 aliphatic carbocycles. The van der Waals surface area contributed by atoms with Crippen LogP contribution in [0, 0.1) is 0 Å². The Morgan fingerprint density at radius 3 is 2.70 bits per heavy atom. The van der Waals surface area contributed by atoms with Crippen molar-refractivity contribution in [2.75, 3.05) is 13.1 Å². The molecule has 6 heteroatoms. The van der Waals surface area contributed by atoms with Gasteiger partial charge < -0.3 is 5.32 Å². The van der Waals surface area contributed by atoms with Crippen molar-refractivity contribution in [1.29, 1.82) is 0 Å². The quantitative estimate of drug-likeness (QED) is 0.713. The monoisotopic (exact) mass is 316 g/mol. The Morgan fingerprint density at radius 1 is 1.35 bits per heavy atom. The summed E-state index contributed by atoms with van der Waals surface area (Å²) >= 11 is 1.53. The van der Waals surface area contributed by atoms with E-state index in [4.69, 9.17) is 0 Å². The summed E-state index contributed by atoms with van der Waals surface area (Å²) in [5.74, 6) is 0. The standard InChI is InChI=1S/C14H24N2O2S2/c1-3-7-15-10-13-9-14(11-19-13)20(17,18)16(8-4-2)12-5-6-12/h9,11-12,15H,3-8,10H2,1-2H3. The fourth-order valence-corrected chi connectivity index (χ4v) is 5.20. The van der Waals surface area contributed by atoms with Crippen LogP contribution in [0.4, 0.5) is 0 Å². The fourth-order valence-electron chi connectivity index (χ4n) is 2.19. The lowest BCUT2D eigenvalue weighted by Gasteiger charge is -2.20. The Kier molecular flexibility index (Phi) is 5.60. The lowest BCUT2D eigenvalue weighted by atomic mass is 10.4. The Balaban J connectivity index is 2.08. The second-order valence-corrected chi connectivity index (χ2v) is 8.16. The number of hydrogen-bond donors (Lipinski definition) is 1. The second-order valence-electron chi connectivity index (χ2n) is 5.27. The van der Waals surface area contributed by atoms with E-state index in [1.807, 2.05) is 13.0 Å². The van der Waals surface area contributed by atoms with Crippen LogP contribution in [0.1, 0.15) is 44.4 Å². The molecule has 2 rings (SSSR count). The number of thiophene rings is 1. The number of nitrogens with zero attached hydrogens (tertiary/aromatic N) is 1. The van der Waals surface area contributed by atoms with Crippen molar-refractivity contribution in [2.45, 2.75) is 57.0 Å². The summed E-state index contributed by atoms with van der Waals surface area (Å²) in [5, 5.41) is 5.09. The molecular weight excluding hydrogens is 292 g/mol. The Bertz CT molecular complexity index is 521. The minimum absolute atomic E-state index is 0.238. The van der Waals surface area contributed by atoms with Crippen molar-refractivity contribution >= 4 is 21.4 Å². The minimum atomic E-state index is -3.29. The van der Waals surface area contributed by atoms with Gasteiger partial charge >= 0.3 is 0 Å². The lowest BCUT2D eigenvalue weighted by Crippen LogP contribution is -2.33. The van der Waals surface area contributed by atoms with Crippen LogP contribution in [-0.4, -0.2) is 31.9 Å². The molecule has 1 aliphatic rings. The number of hydrogen-bond acceptors (Lipinski definition) is 4. The van der Waals surface area contributed by atoms with Gasteiger partial charge in [-0.05, 0) is 38.3 Å². The molecule has 0 unspecified atom stereocenters. The molecule has 4 nitrogen and oxygen atoms in total. The van der Waals surface area contributed by atoms with Crippen molar-refractivity contribution in [3.8, 4) is 0 Å². The predicted molar refractivity (Wildman–Crippen MR) is 83.5 cm³/mol. The molecule has 0 bridgehead atoms. The molecule has 1 N–H and O–H groups in total. The van der Waals surface area contributed by atoms with Gasteiger partial charge in [-0.1, -0.05) is 13.8 Å². The smallest absolute Gasteiger partial charge is 0.244 e. The summed E-state index contributed by atoms with van der Waals surface area (Å²) in [6.07, 6.45) is 3.97. The van der Waals surface area contributed by atoms with Crippen LogP contribution in [0.5, 0.6) is 0 Å². The minimum Gasteiger partial charge on any atom is -0.312 e. The van der Waals surface area contributed by atoms with Crippen LogP contribution >= 0.6 is 11.3 Å². The van der Waals surface area contributed by atoms with Crippen molar-refractivity contribution in [3.63, 3.8) is 0 Å². The number of nitrogens with one attached hydrogen (secondary N) is 1. The van der Waals surface area contributed by atoms with Gasteiger partial charge in [0.25, 0.3) is 0 Å². The average molecular weight is 316 g/mol. The van der Waals surface area contributed by atoms with E-state index in [2.05, 4.69) is 12.2 Å². The summed E-state index contributed by atoms with van der Waals surface area (Å²) < 4.78 is 27.0. The van der Waals surface area contributed by atoms with Gasteiger partial charge in [0, 0.05) is 29.4 Å². The maximum absolute atomic E-state index is 12.7. The van der Waals surface area contributed by atoms with E-state index in [-0.39, 0.29) is 6.04 Å². The zero-order chi connectivity index (χ0) is 14.6. The van der Waals surface area contributed by atoms with E-state index < -0.39 is 10.0 Å². The molecule has 1 aromatic rings. The zero-order valence-electron chi connectivity index (χ0n) is 12.3. The maximum Gasteiger partial charge on any atom is 0.244 e. The summed E-state index contributed by atoms with van der Waals surface area (Å²) in [6.45, 7) is 6.50. The molecule has 114 valence electrons. The van der Waals surface area contributed by atoms with E-state index in [1.165, 1.54) is 11.3 Å². The second kappa shape index (κ2) is 7.02. The normalized spacial score (nSPS) is 15.9. The first-order valence-corrected chi connectivity index (χ1v) is 9.71. The number of sulfonamides is 1. The van der Waals surface area contributed by atoms with Gasteiger partial charge in [0.1, 0.15) is 0 Å². The highest BCUT2D eigenvalue weighted by Crippen LogP contribution is 2.33. The molecule has 0 amide bonds. The molecule has 0 atom stereocenters. The average Bonchev–Trinajstić information content (AvgIpc) is 3.13. The third-order valence-corrected chi connectivity index (χ3v) is 6.38. The lowest BCUT2D eigenvalue weighted by molar-refractivity contribution is 0.403. The third-order valence-electron chi connectivity index (χ3n) is 3.36. The van der Waals surface area contributed by atoms with E-state index in [9.17, 15) is 8.42 Å². The fraction of sp³-hybridized carbons (Fsp3) is 0.714. The number of rotatable bonds is 9. The van der Waals surface area contributed by atoms with Gasteiger partial charge in [-0.25, -0.2) is 8.42 Å². The van der Waals surface area contributed by atoms with Gasteiger partial charge in [0.05, 0.1) is 4.90 Å². The summed E-state index contributed by atoms with van der Waals surface area (Å²) in [4.78, 5) is 1.56. The summed E-state index contributed by atoms with van der Waals surface area (Å²) in [5.41, 5.74) is 0. The molecule has 1 saturated carbocycles. The highest BCUT2D eigenvalue weighted by Gasteiger charge is 2.37. The Hall–Kier alpha value is -0.430. The highest BCUT2D eigenvalue weighted by atomic mass is 32.2. The van der Waals surface area contributed by atoms with Crippen molar-refractivity contribution in [2.24, 2.45) is 0 Å². The van der Waals surface area contributed by atoms with Gasteiger partial charge in [-0.3, -0.25) is 0 Å². The molecule has 0 spiro atoms. The molecule has 1 fully saturated rings. The van der Waals surface area contributed by atoms with E-state index in [0.717, 1.165) is 43.6 Å². The van der Waals surface area contributed by atoms with Crippen molar-refractivity contribution in [3.05, 3.63) is 16.3 Å². The van der Waals surface area contributed by atoms with Crippen LogP contribution in [0.25, 0.3) is 0 Å². The Morgan fingerprint density at radius 2 is 2.10 bits per heavy atom. The first kappa shape index (κ1) is 15.9. The van der Waals surface area contributed by atoms with Gasteiger partial charge in [-0.15, -0.1) is 11.3 Å². The topological polar surface area (TPSA) is 49.4 Å². The first-order chi connectivity index (χ1) is 9.59. The Labute approximate surface area is 126 Å². The van der Waals surface area contributed by atoms with Crippen LogP contribution in [0.15, 0.2) is 16.3 Å². The summed E-state index contributed by atoms with van der Waals surface area (Å²) in [6, 6.07) is 2.06. The maximum atomic E-state index is 12.7. The van der Waals surface area contributed by atoms with E-state index in [0.29, 0.717) is 11.4 Å².